The first-order chi connectivity index (χ1) is 17.5. The van der Waals surface area contributed by atoms with Gasteiger partial charge < -0.3 is 4.74 Å². The average molecular weight is 514 g/mol. The van der Waals surface area contributed by atoms with Gasteiger partial charge in [0.1, 0.15) is 15.7 Å². The molecule has 8 nitrogen and oxygen atoms in total. The molecule has 0 aliphatic carbocycles. The van der Waals surface area contributed by atoms with Gasteiger partial charge in [-0.2, -0.15) is 10.4 Å². The van der Waals surface area contributed by atoms with E-state index < -0.39 is 5.97 Å². The summed E-state index contributed by atoms with van der Waals surface area (Å²) in [5, 5.41) is 15.2. The van der Waals surface area contributed by atoms with E-state index in [1.165, 1.54) is 15.9 Å². The van der Waals surface area contributed by atoms with E-state index in [0.717, 1.165) is 21.9 Å². The fourth-order valence-corrected chi connectivity index (χ4v) is 5.58. The molecule has 0 amide bonds. The molecule has 0 unspecified atom stereocenters. The highest BCUT2D eigenvalue weighted by molar-refractivity contribution is 7.16. The zero-order valence-electron chi connectivity index (χ0n) is 19.3. The number of nitriles is 1. The lowest BCUT2D eigenvalue weighted by Crippen LogP contribution is -2.31. The second kappa shape index (κ2) is 9.73. The zero-order valence-corrected chi connectivity index (χ0v) is 21.0. The summed E-state index contributed by atoms with van der Waals surface area (Å²) in [5.41, 5.74) is 2.16. The molecule has 3 heterocycles. The van der Waals surface area contributed by atoms with Gasteiger partial charge >= 0.3 is 5.97 Å². The smallest absolute Gasteiger partial charge is 0.351 e. The summed E-state index contributed by atoms with van der Waals surface area (Å²) in [7, 11) is 0. The highest BCUT2D eigenvalue weighted by atomic mass is 32.1. The van der Waals surface area contributed by atoms with Gasteiger partial charge in [-0.3, -0.25) is 9.36 Å². The minimum atomic E-state index is -0.774. The SMILES string of the molecule is CCOC(=O)C(C#N)=c1sc(=Cc2c(-c3ccccc3)nc3sc(C)nn23)c(=O)n1-c1ccccc1. The molecule has 2 aromatic carbocycles. The number of benzene rings is 2. The highest BCUT2D eigenvalue weighted by Crippen LogP contribution is 2.27. The van der Waals surface area contributed by atoms with Gasteiger partial charge in [0, 0.05) is 5.56 Å². The summed E-state index contributed by atoms with van der Waals surface area (Å²) < 4.78 is 8.72. The lowest BCUT2D eigenvalue weighted by molar-refractivity contribution is -0.136. The van der Waals surface area contributed by atoms with E-state index in [1.54, 1.807) is 41.8 Å². The summed E-state index contributed by atoms with van der Waals surface area (Å²) in [5.74, 6) is -0.774. The van der Waals surface area contributed by atoms with Crippen LogP contribution in [-0.4, -0.2) is 31.7 Å². The topological polar surface area (TPSA) is 102 Å². The number of hydrogen-bond acceptors (Lipinski definition) is 8. The third-order valence-electron chi connectivity index (χ3n) is 5.30. The fourth-order valence-electron chi connectivity index (χ4n) is 3.77. The Balaban J connectivity index is 1.87. The Kier molecular flexibility index (Phi) is 6.33. The summed E-state index contributed by atoms with van der Waals surface area (Å²) in [6, 6.07) is 20.5. The van der Waals surface area contributed by atoms with E-state index in [4.69, 9.17) is 9.72 Å². The monoisotopic (exact) mass is 513 g/mol. The summed E-state index contributed by atoms with van der Waals surface area (Å²) >= 11 is 2.51. The predicted octanol–water partition coefficient (Wildman–Crippen LogP) is 3.04. The van der Waals surface area contributed by atoms with Crippen LogP contribution in [0.25, 0.3) is 33.6 Å². The number of carbonyl (C=O) groups is 1. The van der Waals surface area contributed by atoms with Gasteiger partial charge in [-0.05, 0) is 32.1 Å². The number of carbonyl (C=O) groups excluding carboxylic acids is 1. The standard InChI is InChI=1S/C26H19N5O3S2/c1-3-34-25(33)19(15-27)24-30(18-12-8-5-9-13-18)23(32)21(36-24)14-20-22(17-10-6-4-7-11-17)28-26-31(20)29-16(2)35-26/h4-14H,3H2,1-2H3. The van der Waals surface area contributed by atoms with Crippen LogP contribution in [0.5, 0.6) is 0 Å². The molecule has 0 aliphatic rings. The van der Waals surface area contributed by atoms with Crippen LogP contribution < -0.4 is 14.8 Å². The van der Waals surface area contributed by atoms with Crippen molar-refractivity contribution in [1.29, 1.82) is 5.26 Å². The first-order valence-electron chi connectivity index (χ1n) is 11.0. The second-order valence-electron chi connectivity index (χ2n) is 7.63. The maximum atomic E-state index is 13.7. The number of esters is 1. The molecule has 0 aliphatic heterocycles. The molecule has 5 rings (SSSR count). The van der Waals surface area contributed by atoms with Crippen LogP contribution in [0.3, 0.4) is 0 Å². The Morgan fingerprint density at radius 3 is 2.47 bits per heavy atom. The first kappa shape index (κ1) is 23.4. The maximum absolute atomic E-state index is 13.7. The van der Waals surface area contributed by atoms with E-state index in [-0.39, 0.29) is 22.4 Å². The molecule has 0 saturated heterocycles. The van der Waals surface area contributed by atoms with Crippen molar-refractivity contribution < 1.29 is 9.53 Å². The lowest BCUT2D eigenvalue weighted by Gasteiger charge is -2.03. The van der Waals surface area contributed by atoms with Crippen molar-refractivity contribution in [1.82, 2.24) is 19.2 Å². The Bertz CT molecular complexity index is 1810. The van der Waals surface area contributed by atoms with E-state index >= 15 is 0 Å². The van der Waals surface area contributed by atoms with Gasteiger partial charge in [0.05, 0.1) is 28.2 Å². The number of nitrogens with zero attached hydrogens (tertiary/aromatic N) is 5. The van der Waals surface area contributed by atoms with E-state index in [9.17, 15) is 14.9 Å². The number of fused-ring (bicyclic) bond motifs is 1. The number of aromatic nitrogens is 4. The van der Waals surface area contributed by atoms with Crippen molar-refractivity contribution >= 4 is 45.3 Å². The van der Waals surface area contributed by atoms with Crippen molar-refractivity contribution in [2.24, 2.45) is 0 Å². The molecule has 0 atom stereocenters. The molecule has 3 aromatic heterocycles. The molecule has 5 aromatic rings. The number of aryl methyl sites for hydroxylation is 1. The van der Waals surface area contributed by atoms with Gasteiger partial charge in [0.2, 0.25) is 4.96 Å². The minimum Gasteiger partial charge on any atom is -0.462 e. The largest absolute Gasteiger partial charge is 0.462 e. The molecule has 0 radical (unpaired) electrons. The molecule has 0 spiro atoms. The van der Waals surface area contributed by atoms with Gasteiger partial charge in [-0.25, -0.2) is 14.3 Å². The van der Waals surface area contributed by atoms with Crippen molar-refractivity contribution in [2.45, 2.75) is 13.8 Å². The zero-order chi connectivity index (χ0) is 25.2. The Morgan fingerprint density at radius 1 is 1.11 bits per heavy atom. The molecule has 0 bridgehead atoms. The maximum Gasteiger partial charge on any atom is 0.351 e. The van der Waals surface area contributed by atoms with Crippen LogP contribution >= 0.6 is 22.7 Å². The molecule has 0 N–H and O–H groups in total. The highest BCUT2D eigenvalue weighted by Gasteiger charge is 2.20. The van der Waals surface area contributed by atoms with Crippen LogP contribution in [0.2, 0.25) is 0 Å². The first-order valence-corrected chi connectivity index (χ1v) is 12.7. The number of rotatable bonds is 5. The third-order valence-corrected chi connectivity index (χ3v) is 7.21. The summed E-state index contributed by atoms with van der Waals surface area (Å²) in [6.07, 6.45) is 1.72. The number of para-hydroxylation sites is 1. The van der Waals surface area contributed by atoms with Crippen LogP contribution in [0.1, 0.15) is 17.6 Å². The second-order valence-corrected chi connectivity index (χ2v) is 9.82. The van der Waals surface area contributed by atoms with Gasteiger partial charge in [0.15, 0.2) is 5.57 Å². The van der Waals surface area contributed by atoms with Crippen LogP contribution in [0.4, 0.5) is 0 Å². The molecule has 0 saturated carbocycles. The van der Waals surface area contributed by atoms with Crippen molar-refractivity contribution in [2.75, 3.05) is 6.61 Å². The van der Waals surface area contributed by atoms with Gasteiger partial charge in [0.25, 0.3) is 5.56 Å². The molecular formula is C26H19N5O3S2. The Morgan fingerprint density at radius 2 is 1.81 bits per heavy atom. The molecule has 36 heavy (non-hydrogen) atoms. The molecule has 10 heteroatoms. The van der Waals surface area contributed by atoms with Crippen LogP contribution in [0, 0.1) is 18.3 Å². The number of hydrogen-bond donors (Lipinski definition) is 0. The summed E-state index contributed by atoms with van der Waals surface area (Å²) in [6.45, 7) is 3.67. The molecular weight excluding hydrogens is 494 g/mol. The quantitative estimate of drug-likeness (QED) is 0.335. The average Bonchev–Trinajstić information content (AvgIpc) is 3.52. The number of thiazole rings is 1. The Labute approximate surface area is 213 Å². The van der Waals surface area contributed by atoms with Gasteiger partial charge in [-0.15, -0.1) is 11.3 Å². The number of ether oxygens (including phenoxy) is 1. The van der Waals surface area contributed by atoms with Crippen LogP contribution in [0.15, 0.2) is 65.5 Å². The van der Waals surface area contributed by atoms with E-state index in [2.05, 4.69) is 5.10 Å². The normalized spacial score (nSPS) is 12.5. The van der Waals surface area contributed by atoms with E-state index in [1.807, 2.05) is 49.4 Å². The van der Waals surface area contributed by atoms with Crippen molar-refractivity contribution in [3.05, 3.63) is 90.9 Å². The lowest BCUT2D eigenvalue weighted by atomic mass is 10.1. The van der Waals surface area contributed by atoms with E-state index in [0.29, 0.717) is 26.6 Å². The third kappa shape index (κ3) is 4.15. The minimum absolute atomic E-state index is 0.112. The molecule has 178 valence electrons. The molecule has 0 fully saturated rings. The van der Waals surface area contributed by atoms with Crippen LogP contribution in [-0.2, 0) is 9.53 Å². The Hall–Kier alpha value is -4.33. The fraction of sp³-hybridized carbons (Fsp3) is 0.115. The van der Waals surface area contributed by atoms with Crippen molar-refractivity contribution in [3.63, 3.8) is 0 Å². The number of imidazole rings is 1. The summed E-state index contributed by atoms with van der Waals surface area (Å²) in [4.78, 5) is 31.8. The van der Waals surface area contributed by atoms with Gasteiger partial charge in [-0.1, -0.05) is 59.9 Å². The predicted molar refractivity (Wildman–Crippen MR) is 139 cm³/mol. The van der Waals surface area contributed by atoms with Crippen molar-refractivity contribution in [3.8, 4) is 23.0 Å².